The van der Waals surface area contributed by atoms with Crippen molar-refractivity contribution in [2.24, 2.45) is 10.2 Å². The van der Waals surface area contributed by atoms with Gasteiger partial charge in [-0.3, -0.25) is 19.2 Å². The average Bonchev–Trinajstić information content (AvgIpc) is 2.44. The van der Waals surface area contributed by atoms with Crippen molar-refractivity contribution in [2.45, 2.75) is 51.6 Å². The van der Waals surface area contributed by atoms with Gasteiger partial charge in [-0.1, -0.05) is 0 Å². The first-order valence-electron chi connectivity index (χ1n) is 7.33. The molecule has 0 aromatic rings. The molecule has 136 valence electrons. The minimum absolute atomic E-state index is 0.0355. The molecule has 0 aliphatic heterocycles. The summed E-state index contributed by atoms with van der Waals surface area (Å²) < 4.78 is 0. The van der Waals surface area contributed by atoms with Crippen molar-refractivity contribution < 1.29 is 29.4 Å². The van der Waals surface area contributed by atoms with Crippen molar-refractivity contribution in [1.29, 1.82) is 0 Å². The SMILES string of the molecule is CC(C)(/N=N/C(C)(C)C(=O)NCCC(=O)O)C(=O)NCCC(=O)O. The highest BCUT2D eigenvalue weighted by Crippen LogP contribution is 2.16. The van der Waals surface area contributed by atoms with Crippen molar-refractivity contribution in [1.82, 2.24) is 10.6 Å². The molecule has 0 spiro atoms. The summed E-state index contributed by atoms with van der Waals surface area (Å²) in [4.78, 5) is 44.7. The third-order valence-corrected chi connectivity index (χ3v) is 2.91. The fourth-order valence-corrected chi connectivity index (χ4v) is 1.34. The molecule has 10 nitrogen and oxygen atoms in total. The molecule has 0 unspecified atom stereocenters. The Kier molecular flexibility index (Phi) is 8.00. The van der Waals surface area contributed by atoms with E-state index in [4.69, 9.17) is 10.2 Å². The van der Waals surface area contributed by atoms with Gasteiger partial charge in [-0.15, -0.1) is 0 Å². The van der Waals surface area contributed by atoms with Gasteiger partial charge in [-0.25, -0.2) is 0 Å². The zero-order valence-electron chi connectivity index (χ0n) is 14.3. The Hall–Kier alpha value is -2.52. The molecule has 0 rings (SSSR count). The standard InChI is InChI=1S/C14H24N4O6/c1-13(2,11(23)15-7-5-9(19)20)17-18-14(3,4)12(24)16-8-6-10(21)22/h5-8H2,1-4H3,(H,15,23)(H,16,24)(H,19,20)(H,21,22)/b18-17+. The summed E-state index contributed by atoms with van der Waals surface area (Å²) in [6.45, 7) is 5.84. The van der Waals surface area contributed by atoms with E-state index in [9.17, 15) is 19.2 Å². The Morgan fingerprint density at radius 1 is 0.750 bits per heavy atom. The molecule has 0 aromatic carbocycles. The Morgan fingerprint density at radius 3 is 1.29 bits per heavy atom. The summed E-state index contributed by atoms with van der Waals surface area (Å²) in [6, 6.07) is 0. The number of carbonyl (C=O) groups excluding carboxylic acids is 2. The number of aliphatic carboxylic acids is 2. The first-order chi connectivity index (χ1) is 10.9. The van der Waals surface area contributed by atoms with Gasteiger partial charge in [0.25, 0.3) is 0 Å². The van der Waals surface area contributed by atoms with Crippen molar-refractivity contribution in [3.63, 3.8) is 0 Å². The zero-order chi connectivity index (χ0) is 19.0. The maximum atomic E-state index is 12.0. The Labute approximate surface area is 139 Å². The van der Waals surface area contributed by atoms with E-state index in [1.807, 2.05) is 0 Å². The second-order valence-electron chi connectivity index (χ2n) is 6.12. The number of hydrogen-bond donors (Lipinski definition) is 4. The van der Waals surface area contributed by atoms with E-state index in [0.717, 1.165) is 0 Å². The molecular weight excluding hydrogens is 320 g/mol. The molecule has 0 heterocycles. The lowest BCUT2D eigenvalue weighted by Crippen LogP contribution is -2.44. The van der Waals surface area contributed by atoms with E-state index in [1.54, 1.807) is 0 Å². The number of carboxylic acids is 2. The largest absolute Gasteiger partial charge is 0.481 e. The number of azo groups is 1. The van der Waals surface area contributed by atoms with Crippen LogP contribution in [-0.2, 0) is 19.2 Å². The molecule has 0 radical (unpaired) electrons. The van der Waals surface area contributed by atoms with E-state index in [-0.39, 0.29) is 25.9 Å². The van der Waals surface area contributed by atoms with Crippen LogP contribution in [-0.4, -0.2) is 58.1 Å². The normalized spacial score (nSPS) is 12.0. The molecular formula is C14H24N4O6. The van der Waals surface area contributed by atoms with E-state index in [2.05, 4.69) is 20.9 Å². The minimum Gasteiger partial charge on any atom is -0.481 e. The number of carbonyl (C=O) groups is 4. The molecule has 0 saturated carbocycles. The predicted octanol–water partition coefficient (Wildman–Crippen LogP) is 0.178. The minimum atomic E-state index is -1.28. The lowest BCUT2D eigenvalue weighted by molar-refractivity contribution is -0.138. The summed E-state index contributed by atoms with van der Waals surface area (Å²) in [5.74, 6) is -3.10. The first-order valence-corrected chi connectivity index (χ1v) is 7.33. The number of nitrogens with one attached hydrogen (secondary N) is 2. The van der Waals surface area contributed by atoms with Crippen LogP contribution in [0.1, 0.15) is 40.5 Å². The number of carboxylic acid groups (broad SMARTS) is 2. The lowest BCUT2D eigenvalue weighted by Gasteiger charge is -2.22. The summed E-state index contributed by atoms with van der Waals surface area (Å²) >= 11 is 0. The van der Waals surface area contributed by atoms with Gasteiger partial charge < -0.3 is 20.8 Å². The number of hydrogen-bond acceptors (Lipinski definition) is 6. The fourth-order valence-electron chi connectivity index (χ4n) is 1.34. The number of nitrogens with zero attached hydrogens (tertiary/aromatic N) is 2. The van der Waals surface area contributed by atoms with Gasteiger partial charge in [-0.2, -0.15) is 10.2 Å². The molecule has 0 saturated heterocycles. The number of rotatable bonds is 10. The van der Waals surface area contributed by atoms with E-state index >= 15 is 0 Å². The van der Waals surface area contributed by atoms with Gasteiger partial charge in [0.05, 0.1) is 12.8 Å². The first kappa shape index (κ1) is 21.5. The quantitative estimate of drug-likeness (QED) is 0.414. The molecule has 2 amide bonds. The van der Waals surface area contributed by atoms with Crippen molar-refractivity contribution in [2.75, 3.05) is 13.1 Å². The smallest absolute Gasteiger partial charge is 0.305 e. The van der Waals surface area contributed by atoms with Crippen LogP contribution in [0.4, 0.5) is 0 Å². The summed E-state index contributed by atoms with van der Waals surface area (Å²) in [5, 5.41) is 29.7. The molecule has 0 aliphatic carbocycles. The lowest BCUT2D eigenvalue weighted by atomic mass is 10.0. The van der Waals surface area contributed by atoms with Crippen LogP contribution < -0.4 is 10.6 Å². The average molecular weight is 344 g/mol. The van der Waals surface area contributed by atoms with Crippen molar-refractivity contribution >= 4 is 23.8 Å². The third kappa shape index (κ3) is 8.20. The fraction of sp³-hybridized carbons (Fsp3) is 0.714. The summed E-state index contributed by atoms with van der Waals surface area (Å²) in [5.41, 5.74) is -2.56. The molecule has 0 atom stereocenters. The van der Waals surface area contributed by atoms with Crippen LogP contribution in [0.25, 0.3) is 0 Å². The molecule has 0 aliphatic rings. The topological polar surface area (TPSA) is 158 Å². The zero-order valence-corrected chi connectivity index (χ0v) is 14.3. The monoisotopic (exact) mass is 344 g/mol. The highest BCUT2D eigenvalue weighted by atomic mass is 16.4. The van der Waals surface area contributed by atoms with Crippen LogP contribution in [0.3, 0.4) is 0 Å². The van der Waals surface area contributed by atoms with Gasteiger partial charge in [-0.05, 0) is 27.7 Å². The molecule has 0 bridgehead atoms. The summed E-state index contributed by atoms with van der Waals surface area (Å²) in [6.07, 6.45) is -0.424. The molecule has 0 aromatic heterocycles. The van der Waals surface area contributed by atoms with E-state index in [1.165, 1.54) is 27.7 Å². The van der Waals surface area contributed by atoms with Gasteiger partial charge in [0.1, 0.15) is 0 Å². The highest BCUT2D eigenvalue weighted by molar-refractivity contribution is 5.87. The van der Waals surface area contributed by atoms with Gasteiger partial charge in [0, 0.05) is 13.1 Å². The van der Waals surface area contributed by atoms with Crippen molar-refractivity contribution in [3.8, 4) is 0 Å². The predicted molar refractivity (Wildman–Crippen MR) is 83.5 cm³/mol. The maximum Gasteiger partial charge on any atom is 0.305 e. The Balaban J connectivity index is 4.68. The Morgan fingerprint density at radius 2 is 1.04 bits per heavy atom. The van der Waals surface area contributed by atoms with Crippen LogP contribution in [0, 0.1) is 0 Å². The van der Waals surface area contributed by atoms with Gasteiger partial charge >= 0.3 is 11.9 Å². The second kappa shape index (κ2) is 8.94. The van der Waals surface area contributed by atoms with Crippen LogP contribution in [0.2, 0.25) is 0 Å². The van der Waals surface area contributed by atoms with Crippen molar-refractivity contribution in [3.05, 3.63) is 0 Å². The Bertz CT molecular complexity index is 481. The van der Waals surface area contributed by atoms with E-state index in [0.29, 0.717) is 0 Å². The van der Waals surface area contributed by atoms with Crippen LogP contribution >= 0.6 is 0 Å². The molecule has 4 N–H and O–H groups in total. The van der Waals surface area contributed by atoms with Gasteiger partial charge in [0.2, 0.25) is 11.8 Å². The third-order valence-electron chi connectivity index (χ3n) is 2.91. The molecule has 0 fully saturated rings. The molecule has 10 heteroatoms. The van der Waals surface area contributed by atoms with Crippen LogP contribution in [0.15, 0.2) is 10.2 Å². The maximum absolute atomic E-state index is 12.0. The highest BCUT2D eigenvalue weighted by Gasteiger charge is 2.32. The van der Waals surface area contributed by atoms with Gasteiger partial charge in [0.15, 0.2) is 11.1 Å². The van der Waals surface area contributed by atoms with E-state index < -0.39 is 34.8 Å². The second-order valence-corrected chi connectivity index (χ2v) is 6.12. The molecule has 24 heavy (non-hydrogen) atoms. The summed E-state index contributed by atoms with van der Waals surface area (Å²) in [7, 11) is 0. The number of amides is 2. The van der Waals surface area contributed by atoms with Crippen LogP contribution in [0.5, 0.6) is 0 Å².